The summed E-state index contributed by atoms with van der Waals surface area (Å²) in [5.74, 6) is 0.292. The van der Waals surface area contributed by atoms with Crippen molar-refractivity contribution in [2.24, 2.45) is 11.1 Å². The summed E-state index contributed by atoms with van der Waals surface area (Å²) in [6, 6.07) is 1.57. The molecule has 0 bridgehead atoms. The predicted molar refractivity (Wildman–Crippen MR) is 65.5 cm³/mol. The Morgan fingerprint density at radius 2 is 2.18 bits per heavy atom. The van der Waals surface area contributed by atoms with Crippen LogP contribution in [0.4, 0.5) is 0 Å². The lowest BCUT2D eigenvalue weighted by Crippen LogP contribution is -2.25. The molecule has 17 heavy (non-hydrogen) atoms. The minimum Gasteiger partial charge on any atom is -0.348 e. The monoisotopic (exact) mass is 274 g/mol. The zero-order valence-electron chi connectivity index (χ0n) is 9.56. The van der Waals surface area contributed by atoms with E-state index in [-0.39, 0.29) is 16.8 Å². The van der Waals surface area contributed by atoms with Crippen LogP contribution in [-0.4, -0.2) is 20.4 Å². The number of primary sulfonamides is 1. The van der Waals surface area contributed by atoms with E-state index in [4.69, 9.17) is 5.14 Å². The Kier molecular flexibility index (Phi) is 3.01. The van der Waals surface area contributed by atoms with Crippen LogP contribution in [-0.2, 0) is 10.0 Å². The van der Waals surface area contributed by atoms with E-state index in [0.717, 1.165) is 17.8 Å². The lowest BCUT2D eigenvalue weighted by molar-refractivity contribution is 0.0953. The van der Waals surface area contributed by atoms with E-state index in [1.54, 1.807) is 6.92 Å². The summed E-state index contributed by atoms with van der Waals surface area (Å²) < 4.78 is 22.5. The Morgan fingerprint density at radius 1 is 1.59 bits per heavy atom. The zero-order valence-corrected chi connectivity index (χ0v) is 11.2. The predicted octanol–water partition coefficient (Wildman–Crippen LogP) is 0.842. The molecular weight excluding hydrogens is 260 g/mol. The smallest absolute Gasteiger partial charge is 0.261 e. The molecular formula is C10H14N2O3S2. The Labute approximate surface area is 104 Å². The first kappa shape index (κ1) is 12.5. The van der Waals surface area contributed by atoms with Gasteiger partial charge >= 0.3 is 0 Å². The average molecular weight is 274 g/mol. The van der Waals surface area contributed by atoms with Crippen molar-refractivity contribution in [3.63, 3.8) is 0 Å². The van der Waals surface area contributed by atoms with Crippen LogP contribution in [0.5, 0.6) is 0 Å². The highest BCUT2D eigenvalue weighted by Gasteiger charge is 2.34. The Morgan fingerprint density at radius 3 is 2.59 bits per heavy atom. The van der Waals surface area contributed by atoms with Gasteiger partial charge in [0, 0.05) is 10.9 Å². The number of amides is 1. The second-order valence-corrected chi connectivity index (χ2v) is 7.16. The van der Waals surface area contributed by atoms with Crippen molar-refractivity contribution < 1.29 is 13.2 Å². The largest absolute Gasteiger partial charge is 0.348 e. The molecule has 0 saturated heterocycles. The number of hydrogen-bond donors (Lipinski definition) is 2. The van der Waals surface area contributed by atoms with Gasteiger partial charge in [0.15, 0.2) is 0 Å². The van der Waals surface area contributed by atoms with E-state index >= 15 is 0 Å². The Balaban J connectivity index is 2.20. The molecule has 7 heteroatoms. The summed E-state index contributed by atoms with van der Waals surface area (Å²) in [5.41, 5.74) is 0. The molecule has 3 N–H and O–H groups in total. The highest BCUT2D eigenvalue weighted by Crippen LogP contribution is 2.30. The van der Waals surface area contributed by atoms with Gasteiger partial charge in [-0.1, -0.05) is 6.92 Å². The molecule has 1 heterocycles. The molecule has 0 aliphatic heterocycles. The molecule has 1 aromatic rings. The summed E-state index contributed by atoms with van der Waals surface area (Å²) in [6.45, 7) is 3.70. The fraction of sp³-hybridized carbons (Fsp3) is 0.500. The SMILES string of the molecule is Cc1sc(C(=O)NC2CC2C)cc1S(N)(=O)=O. The molecule has 1 aliphatic carbocycles. The average Bonchev–Trinajstić information content (AvgIpc) is 2.73. The van der Waals surface area contributed by atoms with E-state index in [0.29, 0.717) is 15.7 Å². The van der Waals surface area contributed by atoms with Crippen LogP contribution in [0.2, 0.25) is 0 Å². The minimum atomic E-state index is -3.74. The first-order valence-corrected chi connectivity index (χ1v) is 7.59. The molecule has 1 saturated carbocycles. The van der Waals surface area contributed by atoms with Gasteiger partial charge in [-0.15, -0.1) is 11.3 Å². The molecule has 5 nitrogen and oxygen atoms in total. The number of nitrogens with one attached hydrogen (secondary N) is 1. The molecule has 2 rings (SSSR count). The topological polar surface area (TPSA) is 89.3 Å². The number of thiophene rings is 1. The molecule has 0 aromatic carbocycles. The zero-order chi connectivity index (χ0) is 12.8. The van der Waals surface area contributed by atoms with Crippen molar-refractivity contribution in [2.75, 3.05) is 0 Å². The lowest BCUT2D eigenvalue weighted by atomic mass is 10.4. The maximum atomic E-state index is 11.8. The van der Waals surface area contributed by atoms with Crippen molar-refractivity contribution in [3.05, 3.63) is 15.8 Å². The number of rotatable bonds is 3. The van der Waals surface area contributed by atoms with Gasteiger partial charge in [0.2, 0.25) is 10.0 Å². The van der Waals surface area contributed by atoms with E-state index in [1.807, 2.05) is 0 Å². The number of carbonyl (C=O) groups is 1. The standard InChI is InChI=1S/C10H14N2O3S2/c1-5-3-7(5)12-10(13)8-4-9(6(2)16-8)17(11,14)15/h4-5,7H,3H2,1-2H3,(H,12,13)(H2,11,14,15). The van der Waals surface area contributed by atoms with Crippen LogP contribution in [0, 0.1) is 12.8 Å². The second-order valence-electron chi connectivity index (χ2n) is 4.37. The summed E-state index contributed by atoms with van der Waals surface area (Å²) in [7, 11) is -3.74. The van der Waals surface area contributed by atoms with Gasteiger partial charge < -0.3 is 5.32 Å². The number of sulfonamides is 1. The second kappa shape index (κ2) is 4.08. The normalized spacial score (nSPS) is 23.5. The Hall–Kier alpha value is -0.920. The van der Waals surface area contributed by atoms with E-state index in [9.17, 15) is 13.2 Å². The number of nitrogens with two attached hydrogens (primary N) is 1. The molecule has 0 radical (unpaired) electrons. The molecule has 2 atom stereocenters. The minimum absolute atomic E-state index is 0.0384. The number of hydrogen-bond acceptors (Lipinski definition) is 4. The van der Waals surface area contributed by atoms with Gasteiger partial charge in [0.1, 0.15) is 0 Å². The van der Waals surface area contributed by atoms with Crippen LogP contribution in [0.3, 0.4) is 0 Å². The highest BCUT2D eigenvalue weighted by molar-refractivity contribution is 7.89. The third kappa shape index (κ3) is 2.67. The van der Waals surface area contributed by atoms with Crippen LogP contribution >= 0.6 is 11.3 Å². The van der Waals surface area contributed by atoms with Gasteiger partial charge in [-0.25, -0.2) is 13.6 Å². The summed E-state index contributed by atoms with van der Waals surface area (Å²) in [5, 5.41) is 7.90. The van der Waals surface area contributed by atoms with Crippen molar-refractivity contribution >= 4 is 27.3 Å². The molecule has 1 amide bonds. The van der Waals surface area contributed by atoms with Crippen molar-refractivity contribution in [3.8, 4) is 0 Å². The highest BCUT2D eigenvalue weighted by atomic mass is 32.2. The van der Waals surface area contributed by atoms with Gasteiger partial charge in [-0.05, 0) is 25.3 Å². The summed E-state index contributed by atoms with van der Waals surface area (Å²) in [6.07, 6.45) is 0.984. The molecule has 1 aliphatic rings. The van der Waals surface area contributed by atoms with E-state index < -0.39 is 10.0 Å². The van der Waals surface area contributed by atoms with Crippen LogP contribution in [0.1, 0.15) is 27.9 Å². The molecule has 2 unspecified atom stereocenters. The third-order valence-electron chi connectivity index (χ3n) is 2.83. The fourth-order valence-corrected chi connectivity index (χ4v) is 3.67. The molecule has 94 valence electrons. The first-order valence-electron chi connectivity index (χ1n) is 5.23. The Bertz CT molecular complexity index is 562. The number of carbonyl (C=O) groups excluding carboxylic acids is 1. The lowest BCUT2D eigenvalue weighted by Gasteiger charge is -1.99. The maximum Gasteiger partial charge on any atom is 0.261 e. The fourth-order valence-electron chi connectivity index (χ4n) is 1.62. The first-order chi connectivity index (χ1) is 7.79. The van der Waals surface area contributed by atoms with Gasteiger partial charge in [-0.2, -0.15) is 0 Å². The number of aryl methyl sites for hydroxylation is 1. The van der Waals surface area contributed by atoms with Crippen molar-refractivity contribution in [1.29, 1.82) is 0 Å². The van der Waals surface area contributed by atoms with Gasteiger partial charge in [-0.3, -0.25) is 4.79 Å². The van der Waals surface area contributed by atoms with Crippen LogP contribution in [0.15, 0.2) is 11.0 Å². The van der Waals surface area contributed by atoms with E-state index in [1.165, 1.54) is 6.07 Å². The summed E-state index contributed by atoms with van der Waals surface area (Å²) in [4.78, 5) is 12.8. The quantitative estimate of drug-likeness (QED) is 0.856. The summed E-state index contributed by atoms with van der Waals surface area (Å²) >= 11 is 1.15. The van der Waals surface area contributed by atoms with Crippen molar-refractivity contribution in [1.82, 2.24) is 5.32 Å². The maximum absolute atomic E-state index is 11.8. The molecule has 0 spiro atoms. The third-order valence-corrected chi connectivity index (χ3v) is 5.04. The van der Waals surface area contributed by atoms with E-state index in [2.05, 4.69) is 12.2 Å². The van der Waals surface area contributed by atoms with Gasteiger partial charge in [0.25, 0.3) is 5.91 Å². The van der Waals surface area contributed by atoms with Crippen molar-refractivity contribution in [2.45, 2.75) is 31.2 Å². The van der Waals surface area contributed by atoms with Crippen LogP contribution in [0.25, 0.3) is 0 Å². The van der Waals surface area contributed by atoms with Gasteiger partial charge in [0.05, 0.1) is 9.77 Å². The van der Waals surface area contributed by atoms with Crippen LogP contribution < -0.4 is 10.5 Å². The molecule has 1 fully saturated rings. The molecule has 1 aromatic heterocycles.